The van der Waals surface area contributed by atoms with E-state index in [0.29, 0.717) is 17.4 Å². The first-order chi connectivity index (χ1) is 13.5. The van der Waals surface area contributed by atoms with Gasteiger partial charge in [-0.25, -0.2) is 0 Å². The van der Waals surface area contributed by atoms with Crippen LogP contribution in [-0.2, 0) is 19.6 Å². The van der Waals surface area contributed by atoms with Crippen LogP contribution in [0.1, 0.15) is 34.1 Å². The minimum absolute atomic E-state index is 0.154. The molecule has 1 amide bonds. The fourth-order valence-corrected chi connectivity index (χ4v) is 3.42. The number of rotatable bonds is 4. The summed E-state index contributed by atoms with van der Waals surface area (Å²) >= 11 is 0. The van der Waals surface area contributed by atoms with Crippen LogP contribution in [0.15, 0.2) is 34.9 Å². The molecule has 146 valence electrons. The number of carbonyl (C=O) groups is 1. The van der Waals surface area contributed by atoms with Gasteiger partial charge in [-0.1, -0.05) is 28.9 Å². The van der Waals surface area contributed by atoms with Gasteiger partial charge in [0.25, 0.3) is 5.91 Å². The average molecular weight is 380 g/mol. The van der Waals surface area contributed by atoms with Crippen molar-refractivity contribution in [3.05, 3.63) is 53.2 Å². The highest BCUT2D eigenvalue weighted by Crippen LogP contribution is 2.18. The predicted molar refractivity (Wildman–Crippen MR) is 103 cm³/mol. The fourth-order valence-electron chi connectivity index (χ4n) is 3.42. The maximum absolute atomic E-state index is 12.8. The van der Waals surface area contributed by atoms with E-state index in [1.807, 2.05) is 41.9 Å². The molecule has 3 aromatic rings. The third-order valence-corrected chi connectivity index (χ3v) is 4.89. The Morgan fingerprint density at radius 1 is 1.29 bits per heavy atom. The lowest BCUT2D eigenvalue weighted by Gasteiger charge is -2.13. The van der Waals surface area contributed by atoms with Crippen molar-refractivity contribution in [2.45, 2.75) is 33.0 Å². The molecule has 0 atom stereocenters. The number of hydrogen-bond acceptors (Lipinski definition) is 6. The van der Waals surface area contributed by atoms with Crippen LogP contribution in [0.3, 0.4) is 0 Å². The van der Waals surface area contributed by atoms with E-state index >= 15 is 0 Å². The van der Waals surface area contributed by atoms with Crippen molar-refractivity contribution in [2.24, 2.45) is 0 Å². The molecule has 0 saturated heterocycles. The van der Waals surface area contributed by atoms with Crippen LogP contribution >= 0.6 is 0 Å². The Balaban J connectivity index is 1.46. The van der Waals surface area contributed by atoms with E-state index in [1.165, 1.54) is 0 Å². The summed E-state index contributed by atoms with van der Waals surface area (Å²) in [5, 5.41) is 8.54. The SMILES string of the molecule is Cc1cccc(-c2noc(CN(C)C(=O)c3cc4n(n3)CCCN(C)C4)n2)c1. The van der Waals surface area contributed by atoms with Crippen molar-refractivity contribution < 1.29 is 9.32 Å². The molecule has 0 spiro atoms. The molecule has 0 saturated carbocycles. The first-order valence-electron chi connectivity index (χ1n) is 9.40. The largest absolute Gasteiger partial charge is 0.337 e. The summed E-state index contributed by atoms with van der Waals surface area (Å²) < 4.78 is 7.28. The van der Waals surface area contributed by atoms with Crippen LogP contribution < -0.4 is 0 Å². The normalized spacial score (nSPS) is 14.5. The highest BCUT2D eigenvalue weighted by molar-refractivity contribution is 5.92. The lowest BCUT2D eigenvalue weighted by atomic mass is 10.1. The zero-order valence-corrected chi connectivity index (χ0v) is 16.4. The molecule has 2 aromatic heterocycles. The molecule has 28 heavy (non-hydrogen) atoms. The molecule has 0 bridgehead atoms. The number of hydrogen-bond donors (Lipinski definition) is 0. The minimum atomic E-state index is -0.154. The summed E-state index contributed by atoms with van der Waals surface area (Å²) in [6.45, 7) is 4.92. The zero-order valence-electron chi connectivity index (χ0n) is 16.4. The molecule has 0 fully saturated rings. The van der Waals surface area contributed by atoms with Gasteiger partial charge in [-0.2, -0.15) is 10.1 Å². The van der Waals surface area contributed by atoms with E-state index in [1.54, 1.807) is 11.9 Å². The molecule has 8 nitrogen and oxygen atoms in total. The quantitative estimate of drug-likeness (QED) is 0.691. The highest BCUT2D eigenvalue weighted by Gasteiger charge is 2.22. The van der Waals surface area contributed by atoms with E-state index in [0.717, 1.165) is 42.9 Å². The van der Waals surface area contributed by atoms with Gasteiger partial charge in [0.15, 0.2) is 5.69 Å². The van der Waals surface area contributed by atoms with Gasteiger partial charge in [-0.05, 0) is 32.5 Å². The zero-order chi connectivity index (χ0) is 19.7. The van der Waals surface area contributed by atoms with Crippen LogP contribution in [0.4, 0.5) is 0 Å². The van der Waals surface area contributed by atoms with E-state index in [2.05, 4.69) is 27.2 Å². The lowest BCUT2D eigenvalue weighted by Crippen LogP contribution is -2.27. The number of nitrogens with zero attached hydrogens (tertiary/aromatic N) is 6. The fraction of sp³-hybridized carbons (Fsp3) is 0.400. The first-order valence-corrected chi connectivity index (χ1v) is 9.40. The second kappa shape index (κ2) is 7.55. The summed E-state index contributed by atoms with van der Waals surface area (Å²) in [6.07, 6.45) is 1.03. The van der Waals surface area contributed by atoms with E-state index in [9.17, 15) is 4.79 Å². The van der Waals surface area contributed by atoms with Gasteiger partial charge in [0, 0.05) is 32.2 Å². The molecular formula is C20H24N6O2. The van der Waals surface area contributed by atoms with Crippen LogP contribution in [0, 0.1) is 6.92 Å². The summed E-state index contributed by atoms with van der Waals surface area (Å²) in [6, 6.07) is 9.79. The number of aromatic nitrogens is 4. The first kappa shape index (κ1) is 18.4. The van der Waals surface area contributed by atoms with Crippen molar-refractivity contribution in [1.29, 1.82) is 0 Å². The molecule has 4 rings (SSSR count). The maximum Gasteiger partial charge on any atom is 0.274 e. The molecule has 1 aromatic carbocycles. The molecule has 1 aliphatic heterocycles. The van der Waals surface area contributed by atoms with Gasteiger partial charge < -0.3 is 14.3 Å². The van der Waals surface area contributed by atoms with E-state index in [4.69, 9.17) is 4.52 Å². The molecule has 3 heterocycles. The number of fused-ring (bicyclic) bond motifs is 1. The predicted octanol–water partition coefficient (Wildman–Crippen LogP) is 2.35. The van der Waals surface area contributed by atoms with E-state index < -0.39 is 0 Å². The summed E-state index contributed by atoms with van der Waals surface area (Å²) in [7, 11) is 3.80. The third kappa shape index (κ3) is 3.82. The van der Waals surface area contributed by atoms with Gasteiger partial charge in [0.1, 0.15) is 6.54 Å². The van der Waals surface area contributed by atoms with Crippen LogP contribution in [0.2, 0.25) is 0 Å². The Labute approximate surface area is 163 Å². The topological polar surface area (TPSA) is 80.3 Å². The Bertz CT molecular complexity index is 992. The Kier molecular flexibility index (Phi) is 4.95. The Morgan fingerprint density at radius 2 is 2.14 bits per heavy atom. The summed E-state index contributed by atoms with van der Waals surface area (Å²) in [4.78, 5) is 21.0. The van der Waals surface area contributed by atoms with Crippen molar-refractivity contribution >= 4 is 5.91 Å². The molecule has 0 unspecified atom stereocenters. The van der Waals surface area contributed by atoms with E-state index in [-0.39, 0.29) is 12.5 Å². The second-order valence-electron chi connectivity index (χ2n) is 7.38. The Hall–Kier alpha value is -3.00. The van der Waals surface area contributed by atoms with Gasteiger partial charge >= 0.3 is 0 Å². The smallest absolute Gasteiger partial charge is 0.274 e. The van der Waals surface area contributed by atoms with Crippen LogP contribution in [0.25, 0.3) is 11.4 Å². The van der Waals surface area contributed by atoms with Crippen molar-refractivity contribution in [3.63, 3.8) is 0 Å². The third-order valence-electron chi connectivity index (χ3n) is 4.89. The molecule has 0 aliphatic carbocycles. The average Bonchev–Trinajstić information content (AvgIpc) is 3.25. The van der Waals surface area contributed by atoms with Gasteiger partial charge in [-0.3, -0.25) is 9.48 Å². The summed E-state index contributed by atoms with van der Waals surface area (Å²) in [5.41, 5.74) is 3.54. The second-order valence-corrected chi connectivity index (χ2v) is 7.38. The van der Waals surface area contributed by atoms with Gasteiger partial charge in [0.05, 0.1) is 5.69 Å². The molecular weight excluding hydrogens is 356 g/mol. The van der Waals surface area contributed by atoms with Crippen LogP contribution in [-0.4, -0.2) is 56.3 Å². The van der Waals surface area contributed by atoms with Gasteiger partial charge in [0.2, 0.25) is 11.7 Å². The molecule has 8 heteroatoms. The van der Waals surface area contributed by atoms with Crippen molar-refractivity contribution in [2.75, 3.05) is 20.6 Å². The highest BCUT2D eigenvalue weighted by atomic mass is 16.5. The lowest BCUT2D eigenvalue weighted by molar-refractivity contribution is 0.0762. The molecule has 0 N–H and O–H groups in total. The standard InChI is InChI=1S/C20H24N6O2/c1-14-6-4-7-15(10-14)19-21-18(28-23-19)13-25(3)20(27)17-11-16-12-24(2)8-5-9-26(16)22-17/h4,6-7,10-11H,5,8-9,12-13H2,1-3H3. The Morgan fingerprint density at radius 3 is 2.96 bits per heavy atom. The number of aryl methyl sites for hydroxylation is 2. The number of benzene rings is 1. The monoisotopic (exact) mass is 380 g/mol. The summed E-state index contributed by atoms with van der Waals surface area (Å²) in [5.74, 6) is 0.766. The number of amides is 1. The molecule has 0 radical (unpaired) electrons. The molecule has 1 aliphatic rings. The van der Waals surface area contributed by atoms with Gasteiger partial charge in [-0.15, -0.1) is 0 Å². The maximum atomic E-state index is 12.8. The van der Waals surface area contributed by atoms with Crippen LogP contribution in [0.5, 0.6) is 0 Å². The number of carbonyl (C=O) groups excluding carboxylic acids is 1. The van der Waals surface area contributed by atoms with Crippen molar-refractivity contribution in [3.8, 4) is 11.4 Å². The van der Waals surface area contributed by atoms with Crippen molar-refractivity contribution in [1.82, 2.24) is 29.7 Å². The minimum Gasteiger partial charge on any atom is -0.337 e.